The molecule has 0 aliphatic heterocycles. The second-order valence-corrected chi connectivity index (χ2v) is 4.76. The normalized spacial score (nSPS) is 13.2. The van der Waals surface area contributed by atoms with Gasteiger partial charge in [-0.1, -0.05) is 51.9 Å². The summed E-state index contributed by atoms with van der Waals surface area (Å²) in [5, 5.41) is 9.96. The molecule has 0 aliphatic rings. The van der Waals surface area contributed by atoms with Crippen LogP contribution in [0.25, 0.3) is 0 Å². The van der Waals surface area contributed by atoms with Crippen LogP contribution in [-0.4, -0.2) is 30.7 Å². The van der Waals surface area contributed by atoms with E-state index in [4.69, 9.17) is 9.47 Å². The number of unbranched alkanes of at least 4 members (excludes halogenated alkanes) is 6. The van der Waals surface area contributed by atoms with Crippen LogP contribution in [0.1, 0.15) is 72.1 Å². The highest BCUT2D eigenvalue weighted by atomic mass is 16.7. The van der Waals surface area contributed by atoms with Crippen molar-refractivity contribution in [2.24, 2.45) is 0 Å². The molecule has 18 heavy (non-hydrogen) atoms. The molecular weight excluding hydrogens is 228 g/mol. The van der Waals surface area contributed by atoms with Crippen LogP contribution in [0.3, 0.4) is 0 Å². The maximum atomic E-state index is 9.96. The zero-order chi connectivity index (χ0) is 13.6. The molecule has 0 aromatic carbocycles. The minimum absolute atomic E-state index is 0.444. The molecule has 3 nitrogen and oxygen atoms in total. The fourth-order valence-electron chi connectivity index (χ4n) is 2.05. The second kappa shape index (κ2) is 13.3. The third-order valence-electron chi connectivity index (χ3n) is 3.08. The van der Waals surface area contributed by atoms with E-state index in [-0.39, 0.29) is 0 Å². The first-order valence-electron chi connectivity index (χ1n) is 7.67. The van der Waals surface area contributed by atoms with Crippen molar-refractivity contribution >= 4 is 0 Å². The van der Waals surface area contributed by atoms with Gasteiger partial charge in [0, 0.05) is 13.2 Å². The van der Waals surface area contributed by atoms with Crippen molar-refractivity contribution in [1.29, 1.82) is 0 Å². The van der Waals surface area contributed by atoms with Gasteiger partial charge in [-0.25, -0.2) is 0 Å². The number of aliphatic hydroxyl groups is 1. The van der Waals surface area contributed by atoms with Crippen molar-refractivity contribution in [2.75, 3.05) is 13.2 Å². The molecule has 0 fully saturated rings. The summed E-state index contributed by atoms with van der Waals surface area (Å²) >= 11 is 0. The van der Waals surface area contributed by atoms with E-state index in [0.717, 1.165) is 12.8 Å². The summed E-state index contributed by atoms with van der Waals surface area (Å²) in [6.07, 6.45) is 8.70. The largest absolute Gasteiger partial charge is 0.388 e. The van der Waals surface area contributed by atoms with Gasteiger partial charge in [-0.2, -0.15) is 0 Å². The van der Waals surface area contributed by atoms with E-state index >= 15 is 0 Å². The fraction of sp³-hybridized carbons (Fsp3) is 1.00. The van der Waals surface area contributed by atoms with Gasteiger partial charge in [0.1, 0.15) is 6.10 Å². The standard InChI is InChI=1S/C15H32O3/c1-4-7-8-9-10-11-12-13-14(16)15(17-5-2)18-6-3/h14-16H,4-13H2,1-3H3. The predicted octanol–water partition coefficient (Wildman–Crippen LogP) is 3.89. The first kappa shape index (κ1) is 17.9. The summed E-state index contributed by atoms with van der Waals surface area (Å²) in [7, 11) is 0. The molecule has 0 saturated carbocycles. The Morgan fingerprint density at radius 1 is 0.778 bits per heavy atom. The van der Waals surface area contributed by atoms with Crippen molar-refractivity contribution in [2.45, 2.75) is 84.5 Å². The first-order chi connectivity index (χ1) is 8.76. The third kappa shape index (κ3) is 9.86. The fourth-order valence-corrected chi connectivity index (χ4v) is 2.05. The van der Waals surface area contributed by atoms with E-state index in [1.165, 1.54) is 38.5 Å². The minimum Gasteiger partial charge on any atom is -0.388 e. The third-order valence-corrected chi connectivity index (χ3v) is 3.08. The average Bonchev–Trinajstić information content (AvgIpc) is 2.37. The van der Waals surface area contributed by atoms with Crippen LogP contribution in [-0.2, 0) is 9.47 Å². The number of rotatable bonds is 13. The lowest BCUT2D eigenvalue weighted by Gasteiger charge is -2.22. The van der Waals surface area contributed by atoms with Crippen molar-refractivity contribution in [3.63, 3.8) is 0 Å². The molecule has 0 aromatic heterocycles. The van der Waals surface area contributed by atoms with E-state index < -0.39 is 12.4 Å². The molecule has 1 N–H and O–H groups in total. The number of hydrogen-bond acceptors (Lipinski definition) is 3. The molecule has 0 bridgehead atoms. The lowest BCUT2D eigenvalue weighted by atomic mass is 10.1. The molecule has 0 radical (unpaired) electrons. The quantitative estimate of drug-likeness (QED) is 0.403. The van der Waals surface area contributed by atoms with E-state index in [1.807, 2.05) is 13.8 Å². The van der Waals surface area contributed by atoms with E-state index in [2.05, 4.69) is 6.92 Å². The molecule has 0 spiro atoms. The predicted molar refractivity (Wildman–Crippen MR) is 75.7 cm³/mol. The minimum atomic E-state index is -0.486. The summed E-state index contributed by atoms with van der Waals surface area (Å²) < 4.78 is 10.8. The van der Waals surface area contributed by atoms with Gasteiger partial charge in [0.05, 0.1) is 0 Å². The highest BCUT2D eigenvalue weighted by Crippen LogP contribution is 2.13. The Kier molecular flexibility index (Phi) is 13.2. The Hall–Kier alpha value is -0.120. The Morgan fingerprint density at radius 3 is 1.78 bits per heavy atom. The SMILES string of the molecule is CCCCCCCCCC(O)C(OCC)OCC. The monoisotopic (exact) mass is 260 g/mol. The van der Waals surface area contributed by atoms with Crippen LogP contribution in [0.5, 0.6) is 0 Å². The molecule has 1 atom stereocenters. The van der Waals surface area contributed by atoms with Gasteiger partial charge in [-0.15, -0.1) is 0 Å². The molecule has 0 aromatic rings. The van der Waals surface area contributed by atoms with Gasteiger partial charge >= 0.3 is 0 Å². The number of hydrogen-bond donors (Lipinski definition) is 1. The smallest absolute Gasteiger partial charge is 0.183 e. The topological polar surface area (TPSA) is 38.7 Å². The second-order valence-electron chi connectivity index (χ2n) is 4.76. The average molecular weight is 260 g/mol. The zero-order valence-electron chi connectivity index (χ0n) is 12.5. The number of ether oxygens (including phenoxy) is 2. The van der Waals surface area contributed by atoms with Crippen molar-refractivity contribution in [3.8, 4) is 0 Å². The lowest BCUT2D eigenvalue weighted by molar-refractivity contribution is -0.190. The zero-order valence-corrected chi connectivity index (χ0v) is 12.5. The van der Waals surface area contributed by atoms with Crippen LogP contribution in [0.4, 0.5) is 0 Å². The molecular formula is C15H32O3. The van der Waals surface area contributed by atoms with Gasteiger partial charge in [0.2, 0.25) is 0 Å². The van der Waals surface area contributed by atoms with Gasteiger partial charge < -0.3 is 14.6 Å². The molecule has 0 heterocycles. The van der Waals surface area contributed by atoms with Crippen LogP contribution >= 0.6 is 0 Å². The molecule has 0 aliphatic carbocycles. The summed E-state index contributed by atoms with van der Waals surface area (Å²) in [6.45, 7) is 7.24. The summed E-state index contributed by atoms with van der Waals surface area (Å²) in [5.41, 5.74) is 0. The highest BCUT2D eigenvalue weighted by molar-refractivity contribution is 4.61. The van der Waals surface area contributed by atoms with E-state index in [1.54, 1.807) is 0 Å². The van der Waals surface area contributed by atoms with Crippen molar-refractivity contribution in [3.05, 3.63) is 0 Å². The Balaban J connectivity index is 3.51. The first-order valence-corrected chi connectivity index (χ1v) is 7.67. The van der Waals surface area contributed by atoms with Crippen LogP contribution < -0.4 is 0 Å². The van der Waals surface area contributed by atoms with Crippen LogP contribution in [0.15, 0.2) is 0 Å². The highest BCUT2D eigenvalue weighted by Gasteiger charge is 2.18. The Labute approximate surface area is 113 Å². The van der Waals surface area contributed by atoms with Crippen molar-refractivity contribution in [1.82, 2.24) is 0 Å². The molecule has 110 valence electrons. The molecule has 3 heteroatoms. The van der Waals surface area contributed by atoms with Gasteiger partial charge in [-0.05, 0) is 20.3 Å². The lowest BCUT2D eigenvalue weighted by Crippen LogP contribution is -2.31. The Bertz CT molecular complexity index is 156. The van der Waals surface area contributed by atoms with Crippen LogP contribution in [0, 0.1) is 0 Å². The molecule has 0 rings (SSSR count). The summed E-state index contributed by atoms with van der Waals surface area (Å²) in [5.74, 6) is 0. The summed E-state index contributed by atoms with van der Waals surface area (Å²) in [6, 6.07) is 0. The van der Waals surface area contributed by atoms with Gasteiger partial charge in [0.15, 0.2) is 6.29 Å². The summed E-state index contributed by atoms with van der Waals surface area (Å²) in [4.78, 5) is 0. The van der Waals surface area contributed by atoms with E-state index in [9.17, 15) is 5.11 Å². The van der Waals surface area contributed by atoms with Crippen LogP contribution in [0.2, 0.25) is 0 Å². The number of aliphatic hydroxyl groups excluding tert-OH is 1. The van der Waals surface area contributed by atoms with Gasteiger partial charge in [-0.3, -0.25) is 0 Å². The maximum absolute atomic E-state index is 9.96. The maximum Gasteiger partial charge on any atom is 0.183 e. The molecule has 0 amide bonds. The molecule has 1 unspecified atom stereocenters. The van der Waals surface area contributed by atoms with Gasteiger partial charge in [0.25, 0.3) is 0 Å². The van der Waals surface area contributed by atoms with E-state index in [0.29, 0.717) is 13.2 Å². The van der Waals surface area contributed by atoms with Crippen molar-refractivity contribution < 1.29 is 14.6 Å². The Morgan fingerprint density at radius 2 is 1.28 bits per heavy atom. The molecule has 0 saturated heterocycles.